The molecule has 0 aromatic rings. The Labute approximate surface area is 53.4 Å². The van der Waals surface area contributed by atoms with Gasteiger partial charge in [0.15, 0.2) is 0 Å². The minimum Gasteiger partial charge on any atom is -0.301 e. The molecule has 0 aliphatic rings. The second-order valence-electron chi connectivity index (χ2n) is 1.78. The van der Waals surface area contributed by atoms with Crippen LogP contribution in [0.2, 0.25) is 0 Å². The van der Waals surface area contributed by atoms with E-state index in [2.05, 4.69) is 6.92 Å². The first-order valence-electron chi connectivity index (χ1n) is 3.15. The van der Waals surface area contributed by atoms with Gasteiger partial charge in [-0.15, -0.1) is 0 Å². The first kappa shape index (κ1) is 7.92. The lowest BCUT2D eigenvalue weighted by atomic mass is 10.2. The van der Waals surface area contributed by atoms with Crippen molar-refractivity contribution in [1.82, 2.24) is 0 Å². The molecular formula is C6H13OSi. The van der Waals surface area contributed by atoms with Crippen LogP contribution in [0.1, 0.15) is 26.2 Å². The van der Waals surface area contributed by atoms with Crippen LogP contribution in [0.4, 0.5) is 0 Å². The summed E-state index contributed by atoms with van der Waals surface area (Å²) in [7, 11) is -1.04. The second-order valence-corrected chi connectivity index (χ2v) is 2.59. The van der Waals surface area contributed by atoms with Crippen LogP contribution in [0.3, 0.4) is 0 Å². The van der Waals surface area contributed by atoms with E-state index < -0.39 is 9.76 Å². The van der Waals surface area contributed by atoms with Crippen LogP contribution in [-0.4, -0.2) is 9.76 Å². The number of allylic oxidation sites excluding steroid dienone is 1. The zero-order chi connectivity index (χ0) is 6.24. The van der Waals surface area contributed by atoms with Gasteiger partial charge in [-0.25, -0.2) is 0 Å². The van der Waals surface area contributed by atoms with E-state index in [0.717, 1.165) is 6.42 Å². The maximum Gasteiger partial charge on any atom is 0.230 e. The predicted octanol–water partition coefficient (Wildman–Crippen LogP) is 1.20. The highest BCUT2D eigenvalue weighted by Gasteiger charge is 1.76. The standard InChI is InChI=1S/C6H13OSi/c1-2-3-4-5-6-8-7/h5-6H,2-4,8H2,1H3/b6-5+. The van der Waals surface area contributed by atoms with Crippen LogP contribution in [0, 0.1) is 0 Å². The number of rotatable bonds is 4. The third kappa shape index (κ3) is 5.92. The Balaban J connectivity index is 2.80. The smallest absolute Gasteiger partial charge is 0.230 e. The van der Waals surface area contributed by atoms with Gasteiger partial charge in [-0.2, -0.15) is 0 Å². The van der Waals surface area contributed by atoms with Gasteiger partial charge in [0.1, 0.15) is 0 Å². The lowest BCUT2D eigenvalue weighted by Crippen LogP contribution is -1.74. The highest BCUT2D eigenvalue weighted by Crippen LogP contribution is 1.93. The molecule has 0 saturated heterocycles. The van der Waals surface area contributed by atoms with Gasteiger partial charge in [-0.3, -0.25) is 0 Å². The Kier molecular flexibility index (Phi) is 6.85. The van der Waals surface area contributed by atoms with Gasteiger partial charge in [0.25, 0.3) is 0 Å². The lowest BCUT2D eigenvalue weighted by Gasteiger charge is -1.84. The fourth-order valence-corrected chi connectivity index (χ4v) is 0.880. The van der Waals surface area contributed by atoms with E-state index in [9.17, 15) is 4.80 Å². The minimum atomic E-state index is -1.04. The molecule has 0 atom stereocenters. The highest BCUT2D eigenvalue weighted by molar-refractivity contribution is 6.32. The number of hydrogen-bond acceptors (Lipinski definition) is 0. The molecule has 1 nitrogen and oxygen atoms in total. The van der Waals surface area contributed by atoms with Crippen molar-refractivity contribution in [2.75, 3.05) is 0 Å². The lowest BCUT2D eigenvalue weighted by molar-refractivity contribution is 0.483. The molecule has 1 radical (unpaired) electrons. The molecule has 0 fully saturated rings. The van der Waals surface area contributed by atoms with E-state index in [-0.39, 0.29) is 0 Å². The molecule has 2 heteroatoms. The molecule has 0 aromatic carbocycles. The Morgan fingerprint density at radius 3 is 2.88 bits per heavy atom. The molecule has 0 N–H and O–H groups in total. The van der Waals surface area contributed by atoms with Gasteiger partial charge < -0.3 is 4.80 Å². The zero-order valence-electron chi connectivity index (χ0n) is 5.39. The molecule has 0 spiro atoms. The summed E-state index contributed by atoms with van der Waals surface area (Å²) in [5.41, 5.74) is 1.82. The Bertz CT molecular complexity index is 61.5. The van der Waals surface area contributed by atoms with Crippen molar-refractivity contribution in [3.05, 3.63) is 11.8 Å². The summed E-state index contributed by atoms with van der Waals surface area (Å²) in [6.45, 7) is 2.16. The molecule has 8 heavy (non-hydrogen) atoms. The van der Waals surface area contributed by atoms with E-state index in [4.69, 9.17) is 0 Å². The fraction of sp³-hybridized carbons (Fsp3) is 0.667. The molecule has 0 heterocycles. The third-order valence-electron chi connectivity index (χ3n) is 0.987. The van der Waals surface area contributed by atoms with E-state index in [1.807, 2.05) is 11.8 Å². The maximum absolute atomic E-state index is 9.95. The summed E-state index contributed by atoms with van der Waals surface area (Å²) >= 11 is 0. The quantitative estimate of drug-likeness (QED) is 0.401. The van der Waals surface area contributed by atoms with E-state index in [0.29, 0.717) is 0 Å². The monoisotopic (exact) mass is 129 g/mol. The number of hydrogen-bond donors (Lipinski definition) is 0. The van der Waals surface area contributed by atoms with Crippen LogP contribution in [0.15, 0.2) is 11.8 Å². The van der Waals surface area contributed by atoms with Crippen molar-refractivity contribution in [1.29, 1.82) is 0 Å². The van der Waals surface area contributed by atoms with Gasteiger partial charge in [0.05, 0.1) is 0 Å². The van der Waals surface area contributed by atoms with Gasteiger partial charge in [-0.05, 0) is 6.42 Å². The zero-order valence-corrected chi connectivity index (χ0v) is 6.81. The molecule has 47 valence electrons. The molecule has 0 aliphatic carbocycles. The van der Waals surface area contributed by atoms with Crippen LogP contribution in [-0.2, 0) is 4.80 Å². The summed E-state index contributed by atoms with van der Waals surface area (Å²) in [4.78, 5) is 9.95. The molecule has 0 bridgehead atoms. The summed E-state index contributed by atoms with van der Waals surface area (Å²) in [6.07, 6.45) is 5.57. The summed E-state index contributed by atoms with van der Waals surface area (Å²) in [5.74, 6) is 0. The molecular weight excluding hydrogens is 116 g/mol. The first-order chi connectivity index (χ1) is 3.91. The van der Waals surface area contributed by atoms with Gasteiger partial charge in [0, 0.05) is 0 Å². The SMILES string of the molecule is CCCC/C=C/[SiH2][O]. The summed E-state index contributed by atoms with van der Waals surface area (Å²) in [6, 6.07) is 0. The molecule has 0 amide bonds. The molecule has 0 unspecified atom stereocenters. The van der Waals surface area contributed by atoms with Crippen LogP contribution in [0.5, 0.6) is 0 Å². The van der Waals surface area contributed by atoms with Crippen molar-refractivity contribution in [3.63, 3.8) is 0 Å². The van der Waals surface area contributed by atoms with Crippen molar-refractivity contribution in [3.8, 4) is 0 Å². The van der Waals surface area contributed by atoms with Crippen LogP contribution < -0.4 is 0 Å². The summed E-state index contributed by atoms with van der Waals surface area (Å²) < 4.78 is 0. The Hall–Kier alpha value is -0.0831. The number of unbranched alkanes of at least 4 members (excludes halogenated alkanes) is 2. The van der Waals surface area contributed by atoms with Crippen molar-refractivity contribution >= 4 is 9.76 Å². The average Bonchev–Trinajstić information content (AvgIpc) is 1.81. The normalized spacial score (nSPS) is 12.2. The molecule has 0 aliphatic heterocycles. The largest absolute Gasteiger partial charge is 0.301 e. The predicted molar refractivity (Wildman–Crippen MR) is 37.9 cm³/mol. The fourth-order valence-electron chi connectivity index (χ4n) is 0.508. The van der Waals surface area contributed by atoms with Crippen molar-refractivity contribution < 1.29 is 4.80 Å². The highest BCUT2D eigenvalue weighted by atomic mass is 28.2. The Morgan fingerprint density at radius 1 is 1.62 bits per heavy atom. The molecule has 0 rings (SSSR count). The van der Waals surface area contributed by atoms with E-state index in [1.54, 1.807) is 0 Å². The second kappa shape index (κ2) is 6.92. The van der Waals surface area contributed by atoms with Gasteiger partial charge in [-0.1, -0.05) is 31.5 Å². The van der Waals surface area contributed by atoms with Crippen molar-refractivity contribution in [2.24, 2.45) is 0 Å². The first-order valence-corrected chi connectivity index (χ1v) is 4.54. The Morgan fingerprint density at radius 2 is 2.38 bits per heavy atom. The van der Waals surface area contributed by atoms with Gasteiger partial charge in [0.2, 0.25) is 9.76 Å². The maximum atomic E-state index is 9.95. The minimum absolute atomic E-state index is 1.04. The molecule has 0 saturated carbocycles. The molecule has 0 aromatic heterocycles. The summed E-state index contributed by atoms with van der Waals surface area (Å²) in [5, 5.41) is 0. The average molecular weight is 129 g/mol. The van der Waals surface area contributed by atoms with Crippen molar-refractivity contribution in [2.45, 2.75) is 26.2 Å². The van der Waals surface area contributed by atoms with E-state index in [1.165, 1.54) is 12.8 Å². The third-order valence-corrected chi connectivity index (χ3v) is 1.51. The van der Waals surface area contributed by atoms with Crippen LogP contribution in [0.25, 0.3) is 0 Å². The topological polar surface area (TPSA) is 19.9 Å². The van der Waals surface area contributed by atoms with Gasteiger partial charge >= 0.3 is 0 Å². The van der Waals surface area contributed by atoms with Crippen LogP contribution >= 0.6 is 0 Å². The van der Waals surface area contributed by atoms with E-state index >= 15 is 0 Å².